The van der Waals surface area contributed by atoms with Crippen molar-refractivity contribution in [1.29, 1.82) is 0 Å². The van der Waals surface area contributed by atoms with Crippen LogP contribution in [0.4, 0.5) is 0 Å². The zero-order valence-electron chi connectivity index (χ0n) is 12.7. The summed E-state index contributed by atoms with van der Waals surface area (Å²) in [7, 11) is 0. The van der Waals surface area contributed by atoms with Crippen LogP contribution in [0.15, 0.2) is 76.0 Å². The highest BCUT2D eigenvalue weighted by Crippen LogP contribution is 2.49. The summed E-state index contributed by atoms with van der Waals surface area (Å²) in [5.41, 5.74) is -0.723. The van der Waals surface area contributed by atoms with Crippen LogP contribution in [0.5, 0.6) is 0 Å². The van der Waals surface area contributed by atoms with Gasteiger partial charge in [-0.3, -0.25) is 9.59 Å². The van der Waals surface area contributed by atoms with Gasteiger partial charge < -0.3 is 13.6 Å². The van der Waals surface area contributed by atoms with E-state index >= 15 is 0 Å². The standard InChI is InChI=1S/C19H14O5/c20-17-12-14(13-6-2-1-3-7-13)19(24-17,16-9-5-11-23-16)18(21)15-8-4-10-22-15/h1-11,14H,12H2/t14-,19+/m1/s1. The van der Waals surface area contributed by atoms with Gasteiger partial charge in [0.2, 0.25) is 11.4 Å². The Bertz CT molecular complexity index is 849. The summed E-state index contributed by atoms with van der Waals surface area (Å²) < 4.78 is 16.4. The van der Waals surface area contributed by atoms with E-state index in [1.54, 1.807) is 24.3 Å². The molecular weight excluding hydrogens is 308 g/mol. The maximum absolute atomic E-state index is 13.2. The number of ketones is 1. The smallest absolute Gasteiger partial charge is 0.308 e. The monoisotopic (exact) mass is 322 g/mol. The van der Waals surface area contributed by atoms with Crippen molar-refractivity contribution in [3.63, 3.8) is 0 Å². The lowest BCUT2D eigenvalue weighted by molar-refractivity contribution is -0.147. The fraction of sp³-hybridized carbons (Fsp3) is 0.158. The molecule has 120 valence electrons. The van der Waals surface area contributed by atoms with Crippen LogP contribution < -0.4 is 0 Å². The normalized spacial score (nSPS) is 23.2. The van der Waals surface area contributed by atoms with Gasteiger partial charge in [0.25, 0.3) is 0 Å². The van der Waals surface area contributed by atoms with Crippen LogP contribution in [-0.2, 0) is 15.1 Å². The number of rotatable bonds is 4. The van der Waals surface area contributed by atoms with Gasteiger partial charge in [-0.25, -0.2) is 0 Å². The van der Waals surface area contributed by atoms with Gasteiger partial charge in [0.1, 0.15) is 0 Å². The molecule has 4 rings (SSSR count). The second-order valence-corrected chi connectivity index (χ2v) is 5.66. The summed E-state index contributed by atoms with van der Waals surface area (Å²) in [6.45, 7) is 0. The molecular formula is C19H14O5. The van der Waals surface area contributed by atoms with E-state index < -0.39 is 23.3 Å². The van der Waals surface area contributed by atoms with E-state index in [-0.39, 0.29) is 12.2 Å². The van der Waals surface area contributed by atoms with Gasteiger partial charge in [-0.05, 0) is 29.8 Å². The third kappa shape index (κ3) is 2.09. The number of ether oxygens (including phenoxy) is 1. The maximum Gasteiger partial charge on any atom is 0.308 e. The number of Topliss-reactive ketones (excluding diaryl/α,β-unsaturated/α-hetero) is 1. The Balaban J connectivity index is 1.92. The van der Waals surface area contributed by atoms with Crippen molar-refractivity contribution < 1.29 is 23.2 Å². The van der Waals surface area contributed by atoms with Crippen molar-refractivity contribution in [2.24, 2.45) is 0 Å². The highest BCUT2D eigenvalue weighted by Gasteiger charge is 2.59. The Morgan fingerprint density at radius 2 is 1.71 bits per heavy atom. The fourth-order valence-corrected chi connectivity index (χ4v) is 3.26. The second-order valence-electron chi connectivity index (χ2n) is 5.66. The molecule has 24 heavy (non-hydrogen) atoms. The van der Waals surface area contributed by atoms with Crippen LogP contribution in [-0.4, -0.2) is 11.8 Å². The number of carbonyl (C=O) groups is 2. The average Bonchev–Trinajstić information content (AvgIpc) is 3.35. The van der Waals surface area contributed by atoms with Crippen molar-refractivity contribution in [3.05, 3.63) is 84.2 Å². The fourth-order valence-electron chi connectivity index (χ4n) is 3.26. The lowest BCUT2D eigenvalue weighted by Gasteiger charge is -2.29. The van der Waals surface area contributed by atoms with Crippen molar-refractivity contribution in [2.45, 2.75) is 17.9 Å². The minimum absolute atomic E-state index is 0.0944. The number of furan rings is 2. The van der Waals surface area contributed by atoms with E-state index in [1.165, 1.54) is 12.5 Å². The first-order valence-electron chi connectivity index (χ1n) is 7.61. The predicted octanol–water partition coefficient (Wildman–Crippen LogP) is 3.68. The van der Waals surface area contributed by atoms with Crippen LogP contribution in [0.25, 0.3) is 0 Å². The summed E-state index contributed by atoms with van der Waals surface area (Å²) in [5, 5.41) is 0. The molecule has 1 aliphatic rings. The summed E-state index contributed by atoms with van der Waals surface area (Å²) in [6.07, 6.45) is 2.97. The molecule has 0 spiro atoms. The quantitative estimate of drug-likeness (QED) is 0.541. The molecule has 0 saturated carbocycles. The van der Waals surface area contributed by atoms with Gasteiger partial charge in [0.05, 0.1) is 18.9 Å². The highest BCUT2D eigenvalue weighted by molar-refractivity contribution is 6.04. The first kappa shape index (κ1) is 14.5. The topological polar surface area (TPSA) is 69.7 Å². The van der Waals surface area contributed by atoms with Gasteiger partial charge in [-0.2, -0.15) is 0 Å². The summed E-state index contributed by atoms with van der Waals surface area (Å²) in [4.78, 5) is 25.4. The third-order valence-corrected chi connectivity index (χ3v) is 4.31. The van der Waals surface area contributed by atoms with Gasteiger partial charge in [0.15, 0.2) is 11.5 Å². The van der Waals surface area contributed by atoms with Crippen molar-refractivity contribution in [3.8, 4) is 0 Å². The maximum atomic E-state index is 13.2. The SMILES string of the molecule is O=C1C[C@H](c2ccccc2)[C@@](C(=O)c2ccco2)(c2ccco2)O1. The molecule has 1 aromatic carbocycles. The van der Waals surface area contributed by atoms with E-state index in [0.29, 0.717) is 5.76 Å². The molecule has 5 heteroatoms. The lowest BCUT2D eigenvalue weighted by Crippen LogP contribution is -2.40. The summed E-state index contributed by atoms with van der Waals surface area (Å²) >= 11 is 0. The molecule has 0 aliphatic carbocycles. The third-order valence-electron chi connectivity index (χ3n) is 4.31. The van der Waals surface area contributed by atoms with E-state index in [0.717, 1.165) is 5.56 Å². The molecule has 0 N–H and O–H groups in total. The Labute approximate surface area is 137 Å². The molecule has 0 radical (unpaired) electrons. The van der Waals surface area contributed by atoms with Gasteiger partial charge >= 0.3 is 5.97 Å². The van der Waals surface area contributed by atoms with Crippen molar-refractivity contribution in [1.82, 2.24) is 0 Å². The molecule has 0 amide bonds. The van der Waals surface area contributed by atoms with Gasteiger partial charge in [-0.1, -0.05) is 30.3 Å². The molecule has 1 aliphatic heterocycles. The van der Waals surface area contributed by atoms with Crippen LogP contribution in [0.1, 0.15) is 34.2 Å². The summed E-state index contributed by atoms with van der Waals surface area (Å²) in [5.74, 6) is -0.942. The average molecular weight is 322 g/mol. The zero-order valence-corrected chi connectivity index (χ0v) is 12.7. The van der Waals surface area contributed by atoms with Crippen LogP contribution in [0.3, 0.4) is 0 Å². The van der Waals surface area contributed by atoms with E-state index in [9.17, 15) is 9.59 Å². The molecule has 1 saturated heterocycles. The van der Waals surface area contributed by atoms with Crippen LogP contribution in [0.2, 0.25) is 0 Å². The molecule has 2 aromatic heterocycles. The van der Waals surface area contributed by atoms with Gasteiger partial charge in [0, 0.05) is 5.92 Å². The van der Waals surface area contributed by atoms with E-state index in [4.69, 9.17) is 13.6 Å². The van der Waals surface area contributed by atoms with E-state index in [1.807, 2.05) is 30.3 Å². The molecule has 0 bridgehead atoms. The Morgan fingerprint density at radius 1 is 0.958 bits per heavy atom. The second kappa shape index (κ2) is 5.53. The highest BCUT2D eigenvalue weighted by atomic mass is 16.6. The first-order chi connectivity index (χ1) is 11.7. The number of cyclic esters (lactones) is 1. The van der Waals surface area contributed by atoms with Crippen molar-refractivity contribution in [2.75, 3.05) is 0 Å². The molecule has 1 fully saturated rings. The predicted molar refractivity (Wildman–Crippen MR) is 83.3 cm³/mol. The number of hydrogen-bond donors (Lipinski definition) is 0. The largest absolute Gasteiger partial charge is 0.465 e. The minimum Gasteiger partial charge on any atom is -0.465 e. The molecule has 3 heterocycles. The Morgan fingerprint density at radius 3 is 2.38 bits per heavy atom. The number of esters is 1. The zero-order chi connectivity index (χ0) is 16.6. The molecule has 5 nitrogen and oxygen atoms in total. The van der Waals surface area contributed by atoms with E-state index in [2.05, 4.69) is 0 Å². The molecule has 0 unspecified atom stereocenters. The molecule has 3 aromatic rings. The van der Waals surface area contributed by atoms with Crippen LogP contribution in [0, 0.1) is 0 Å². The Kier molecular flexibility index (Phi) is 3.34. The Hall–Kier alpha value is -3.08. The van der Waals surface area contributed by atoms with Crippen LogP contribution >= 0.6 is 0 Å². The number of carbonyl (C=O) groups excluding carboxylic acids is 2. The molecule has 2 atom stereocenters. The first-order valence-corrected chi connectivity index (χ1v) is 7.61. The van der Waals surface area contributed by atoms with Gasteiger partial charge in [-0.15, -0.1) is 0 Å². The number of hydrogen-bond acceptors (Lipinski definition) is 5. The minimum atomic E-state index is -1.56. The van der Waals surface area contributed by atoms with Crippen molar-refractivity contribution >= 4 is 11.8 Å². The summed E-state index contributed by atoms with van der Waals surface area (Å²) in [6, 6.07) is 15.9. The lowest BCUT2D eigenvalue weighted by atomic mass is 9.77. The number of benzene rings is 1.